The highest BCUT2D eigenvalue weighted by molar-refractivity contribution is 5.90. The molecule has 0 saturated heterocycles. The fraction of sp³-hybridized carbons (Fsp3) is 0.667. The number of aliphatic hydroxyl groups excluding tert-OH is 1. The number of rotatable bonds is 3. The van der Waals surface area contributed by atoms with Gasteiger partial charge in [0, 0.05) is 7.05 Å². The lowest BCUT2D eigenvalue weighted by molar-refractivity contribution is 0.0670. The van der Waals surface area contributed by atoms with Gasteiger partial charge in [0.2, 0.25) is 0 Å². The quantitative estimate of drug-likeness (QED) is 0.607. The highest BCUT2D eigenvalue weighted by Gasteiger charge is 2.19. The summed E-state index contributed by atoms with van der Waals surface area (Å²) < 4.78 is 0. The standard InChI is InChI=1S/C6H11N5O2/c1-4(3-12)11(2)6(13)5-7-9-10-8-5/h4,12H,3H2,1-2H3,(H,7,8,9,10). The summed E-state index contributed by atoms with van der Waals surface area (Å²) in [6, 6.07) is -0.258. The Labute approximate surface area is 74.7 Å². The summed E-state index contributed by atoms with van der Waals surface area (Å²) in [7, 11) is 1.57. The predicted octanol–water partition coefficient (Wildman–Crippen LogP) is -1.35. The predicted molar refractivity (Wildman–Crippen MR) is 42.8 cm³/mol. The van der Waals surface area contributed by atoms with Crippen LogP contribution in [0.3, 0.4) is 0 Å². The molecule has 72 valence electrons. The van der Waals surface area contributed by atoms with Crippen molar-refractivity contribution in [1.29, 1.82) is 0 Å². The van der Waals surface area contributed by atoms with E-state index in [-0.39, 0.29) is 24.4 Å². The second-order valence-corrected chi connectivity index (χ2v) is 2.68. The third-order valence-corrected chi connectivity index (χ3v) is 1.78. The maximum Gasteiger partial charge on any atom is 0.295 e. The molecule has 1 aromatic heterocycles. The van der Waals surface area contributed by atoms with Gasteiger partial charge in [0.05, 0.1) is 12.6 Å². The van der Waals surface area contributed by atoms with Crippen molar-refractivity contribution < 1.29 is 9.90 Å². The van der Waals surface area contributed by atoms with Crippen molar-refractivity contribution in [3.63, 3.8) is 0 Å². The van der Waals surface area contributed by atoms with Gasteiger partial charge in [0.15, 0.2) is 0 Å². The number of hydrogen-bond donors (Lipinski definition) is 2. The Morgan fingerprint density at radius 2 is 2.46 bits per heavy atom. The van der Waals surface area contributed by atoms with Gasteiger partial charge in [-0.25, -0.2) is 0 Å². The number of carbonyl (C=O) groups is 1. The summed E-state index contributed by atoms with van der Waals surface area (Å²) in [5, 5.41) is 21.3. The molecule has 1 rings (SSSR count). The maximum atomic E-state index is 11.4. The summed E-state index contributed by atoms with van der Waals surface area (Å²) in [5.41, 5.74) is 0. The number of amides is 1. The van der Waals surface area contributed by atoms with Crippen molar-refractivity contribution in [3.8, 4) is 0 Å². The number of likely N-dealkylation sites (N-methyl/N-ethyl adjacent to an activating group) is 1. The molecule has 0 aliphatic heterocycles. The maximum absolute atomic E-state index is 11.4. The van der Waals surface area contributed by atoms with E-state index in [2.05, 4.69) is 20.6 Å². The Kier molecular flexibility index (Phi) is 2.91. The summed E-state index contributed by atoms with van der Waals surface area (Å²) in [4.78, 5) is 12.8. The van der Waals surface area contributed by atoms with Gasteiger partial charge in [-0.15, -0.1) is 10.2 Å². The Morgan fingerprint density at radius 1 is 1.77 bits per heavy atom. The van der Waals surface area contributed by atoms with E-state index in [1.807, 2.05) is 0 Å². The number of hydrogen-bond acceptors (Lipinski definition) is 5. The highest BCUT2D eigenvalue weighted by Crippen LogP contribution is 1.99. The molecule has 0 fully saturated rings. The second-order valence-electron chi connectivity index (χ2n) is 2.68. The highest BCUT2D eigenvalue weighted by atomic mass is 16.3. The molecule has 0 radical (unpaired) electrons. The molecular formula is C6H11N5O2. The van der Waals surface area contributed by atoms with Gasteiger partial charge in [-0.2, -0.15) is 5.21 Å². The van der Waals surface area contributed by atoms with Crippen LogP contribution in [0.25, 0.3) is 0 Å². The zero-order chi connectivity index (χ0) is 9.84. The van der Waals surface area contributed by atoms with E-state index in [9.17, 15) is 4.79 Å². The molecular weight excluding hydrogens is 174 g/mol. The van der Waals surface area contributed by atoms with E-state index in [1.54, 1.807) is 14.0 Å². The van der Waals surface area contributed by atoms with Gasteiger partial charge in [0.1, 0.15) is 0 Å². The number of carbonyl (C=O) groups excluding carboxylic acids is 1. The lowest BCUT2D eigenvalue weighted by Gasteiger charge is -2.21. The minimum absolute atomic E-state index is 0.00259. The van der Waals surface area contributed by atoms with Crippen LogP contribution in [-0.4, -0.2) is 56.2 Å². The Balaban J connectivity index is 2.68. The van der Waals surface area contributed by atoms with E-state index in [1.165, 1.54) is 4.90 Å². The van der Waals surface area contributed by atoms with Crippen LogP contribution in [0.15, 0.2) is 0 Å². The average molecular weight is 185 g/mol. The van der Waals surface area contributed by atoms with Crippen molar-refractivity contribution in [1.82, 2.24) is 25.5 Å². The van der Waals surface area contributed by atoms with E-state index in [0.29, 0.717) is 0 Å². The zero-order valence-corrected chi connectivity index (χ0v) is 7.43. The first-order valence-electron chi connectivity index (χ1n) is 3.78. The van der Waals surface area contributed by atoms with Crippen LogP contribution < -0.4 is 0 Å². The number of aromatic amines is 1. The summed E-state index contributed by atoms with van der Waals surface area (Å²) in [6.07, 6.45) is 0. The van der Waals surface area contributed by atoms with E-state index in [4.69, 9.17) is 5.11 Å². The number of nitrogens with zero attached hydrogens (tertiary/aromatic N) is 4. The van der Waals surface area contributed by atoms with Crippen LogP contribution in [0, 0.1) is 0 Å². The first-order valence-corrected chi connectivity index (χ1v) is 3.78. The van der Waals surface area contributed by atoms with Gasteiger partial charge in [0.25, 0.3) is 11.7 Å². The molecule has 0 spiro atoms. The molecule has 0 aromatic carbocycles. The van der Waals surface area contributed by atoms with E-state index >= 15 is 0 Å². The van der Waals surface area contributed by atoms with Crippen LogP contribution in [0.5, 0.6) is 0 Å². The zero-order valence-electron chi connectivity index (χ0n) is 7.43. The molecule has 1 aromatic rings. The van der Waals surface area contributed by atoms with Gasteiger partial charge in [-0.1, -0.05) is 0 Å². The first kappa shape index (κ1) is 9.59. The van der Waals surface area contributed by atoms with Gasteiger partial charge in [-0.05, 0) is 12.1 Å². The van der Waals surface area contributed by atoms with Crippen LogP contribution in [0.2, 0.25) is 0 Å². The molecule has 7 heteroatoms. The monoisotopic (exact) mass is 185 g/mol. The minimum Gasteiger partial charge on any atom is -0.394 e. The Morgan fingerprint density at radius 3 is 2.92 bits per heavy atom. The van der Waals surface area contributed by atoms with Crippen LogP contribution in [-0.2, 0) is 0 Å². The molecule has 0 saturated carbocycles. The fourth-order valence-corrected chi connectivity index (χ4v) is 0.733. The molecule has 13 heavy (non-hydrogen) atoms. The molecule has 2 N–H and O–H groups in total. The third-order valence-electron chi connectivity index (χ3n) is 1.78. The van der Waals surface area contributed by atoms with Crippen LogP contribution in [0.1, 0.15) is 17.5 Å². The molecule has 1 atom stereocenters. The van der Waals surface area contributed by atoms with Crippen molar-refractivity contribution in [2.45, 2.75) is 13.0 Å². The Bertz CT molecular complexity index is 273. The van der Waals surface area contributed by atoms with Crippen molar-refractivity contribution in [3.05, 3.63) is 5.82 Å². The largest absolute Gasteiger partial charge is 0.394 e. The van der Waals surface area contributed by atoms with Crippen LogP contribution >= 0.6 is 0 Å². The van der Waals surface area contributed by atoms with Crippen LogP contribution in [0.4, 0.5) is 0 Å². The SMILES string of the molecule is CC(CO)N(C)C(=O)c1nn[nH]n1. The fourth-order valence-electron chi connectivity index (χ4n) is 0.733. The van der Waals surface area contributed by atoms with Crippen molar-refractivity contribution in [2.24, 2.45) is 0 Å². The molecule has 0 bridgehead atoms. The average Bonchev–Trinajstić information content (AvgIpc) is 2.67. The van der Waals surface area contributed by atoms with Crippen molar-refractivity contribution >= 4 is 5.91 Å². The third kappa shape index (κ3) is 2.00. The molecule has 7 nitrogen and oxygen atoms in total. The topological polar surface area (TPSA) is 95.0 Å². The minimum atomic E-state index is -0.365. The molecule has 0 aliphatic carbocycles. The number of H-pyrrole nitrogens is 1. The number of nitrogens with one attached hydrogen (secondary N) is 1. The smallest absolute Gasteiger partial charge is 0.295 e. The van der Waals surface area contributed by atoms with E-state index in [0.717, 1.165) is 0 Å². The van der Waals surface area contributed by atoms with Gasteiger partial charge in [-0.3, -0.25) is 4.79 Å². The molecule has 0 aliphatic rings. The number of aliphatic hydroxyl groups is 1. The normalized spacial score (nSPS) is 12.5. The molecule has 1 unspecified atom stereocenters. The first-order chi connectivity index (χ1) is 6.16. The second kappa shape index (κ2) is 3.94. The van der Waals surface area contributed by atoms with Gasteiger partial charge < -0.3 is 10.0 Å². The Hall–Kier alpha value is -1.50. The molecule has 1 amide bonds. The lowest BCUT2D eigenvalue weighted by Crippen LogP contribution is -2.37. The molecule has 1 heterocycles. The number of tetrazole rings is 1. The lowest BCUT2D eigenvalue weighted by atomic mass is 10.3. The summed E-state index contributed by atoms with van der Waals surface area (Å²) in [6.45, 7) is 1.62. The summed E-state index contributed by atoms with van der Waals surface area (Å²) in [5.74, 6) is -0.363. The van der Waals surface area contributed by atoms with E-state index < -0.39 is 0 Å². The summed E-state index contributed by atoms with van der Waals surface area (Å²) >= 11 is 0. The van der Waals surface area contributed by atoms with Crippen molar-refractivity contribution in [2.75, 3.05) is 13.7 Å². The van der Waals surface area contributed by atoms with Gasteiger partial charge >= 0.3 is 0 Å². The number of aromatic nitrogens is 4.